The molecule has 3 heteroatoms. The van der Waals surface area contributed by atoms with Crippen molar-refractivity contribution in [2.24, 2.45) is 0 Å². The van der Waals surface area contributed by atoms with Crippen LogP contribution in [0, 0.1) is 0 Å². The lowest BCUT2D eigenvalue weighted by Gasteiger charge is -1.99. The van der Waals surface area contributed by atoms with Crippen molar-refractivity contribution in [1.29, 1.82) is 0 Å². The summed E-state index contributed by atoms with van der Waals surface area (Å²) < 4.78 is 0. The maximum absolute atomic E-state index is 10.7. The molecule has 0 radical (unpaired) electrons. The Hall–Kier alpha value is -2.03. The van der Waals surface area contributed by atoms with Crippen molar-refractivity contribution in [1.82, 2.24) is 4.98 Å². The highest BCUT2D eigenvalue weighted by Gasteiger charge is 2.05. The SMILES string of the molecule is O=C(O)c1ccc(CCc2ccccc2)[nH]1. The number of aromatic amines is 1. The van der Waals surface area contributed by atoms with Crippen LogP contribution in [0.2, 0.25) is 0 Å². The zero-order valence-corrected chi connectivity index (χ0v) is 8.81. The molecule has 1 aromatic heterocycles. The Labute approximate surface area is 93.7 Å². The number of aromatic nitrogens is 1. The van der Waals surface area contributed by atoms with E-state index in [4.69, 9.17) is 5.11 Å². The van der Waals surface area contributed by atoms with Crippen LogP contribution in [-0.2, 0) is 12.8 Å². The summed E-state index contributed by atoms with van der Waals surface area (Å²) in [6, 6.07) is 13.6. The summed E-state index contributed by atoms with van der Waals surface area (Å²) in [7, 11) is 0. The fourth-order valence-corrected chi connectivity index (χ4v) is 1.63. The average Bonchev–Trinajstić information content (AvgIpc) is 2.76. The predicted octanol–water partition coefficient (Wildman–Crippen LogP) is 2.50. The standard InChI is InChI=1S/C13H13NO2/c15-13(16)12-9-8-11(14-12)7-6-10-4-2-1-3-5-10/h1-5,8-9,14H,6-7H2,(H,15,16). The molecule has 0 saturated heterocycles. The van der Waals surface area contributed by atoms with Gasteiger partial charge in [-0.25, -0.2) is 4.79 Å². The van der Waals surface area contributed by atoms with E-state index in [0.717, 1.165) is 18.5 Å². The molecule has 3 nitrogen and oxygen atoms in total. The molecule has 0 aliphatic carbocycles. The van der Waals surface area contributed by atoms with Crippen LogP contribution in [0.5, 0.6) is 0 Å². The van der Waals surface area contributed by atoms with Crippen molar-refractivity contribution in [3.63, 3.8) is 0 Å². The molecular weight excluding hydrogens is 202 g/mol. The molecule has 0 saturated carbocycles. The molecule has 0 atom stereocenters. The van der Waals surface area contributed by atoms with E-state index in [1.807, 2.05) is 24.3 Å². The third kappa shape index (κ3) is 2.51. The van der Waals surface area contributed by atoms with Crippen molar-refractivity contribution in [3.8, 4) is 0 Å². The zero-order valence-electron chi connectivity index (χ0n) is 8.81. The molecule has 2 aromatic rings. The maximum atomic E-state index is 10.7. The first-order chi connectivity index (χ1) is 7.75. The summed E-state index contributed by atoms with van der Waals surface area (Å²) >= 11 is 0. The molecule has 0 aliphatic rings. The topological polar surface area (TPSA) is 53.1 Å². The second-order valence-electron chi connectivity index (χ2n) is 3.69. The van der Waals surface area contributed by atoms with Crippen molar-refractivity contribution in [2.45, 2.75) is 12.8 Å². The first kappa shape index (κ1) is 10.5. The lowest BCUT2D eigenvalue weighted by molar-refractivity contribution is 0.0691. The van der Waals surface area contributed by atoms with Gasteiger partial charge in [0.1, 0.15) is 5.69 Å². The van der Waals surface area contributed by atoms with Crippen molar-refractivity contribution >= 4 is 5.97 Å². The smallest absolute Gasteiger partial charge is 0.352 e. The molecule has 0 spiro atoms. The highest BCUT2D eigenvalue weighted by Crippen LogP contribution is 2.07. The van der Waals surface area contributed by atoms with E-state index in [1.165, 1.54) is 5.56 Å². The van der Waals surface area contributed by atoms with Gasteiger partial charge in [0, 0.05) is 5.69 Å². The number of carbonyl (C=O) groups is 1. The number of hydrogen-bond acceptors (Lipinski definition) is 1. The highest BCUT2D eigenvalue weighted by molar-refractivity contribution is 5.85. The third-order valence-electron chi connectivity index (χ3n) is 2.50. The Bertz CT molecular complexity index is 474. The highest BCUT2D eigenvalue weighted by atomic mass is 16.4. The summed E-state index contributed by atoms with van der Waals surface area (Å²) in [6.45, 7) is 0. The number of benzene rings is 1. The number of aromatic carboxylic acids is 1. The van der Waals surface area contributed by atoms with Crippen LogP contribution in [0.4, 0.5) is 0 Å². The summed E-state index contributed by atoms with van der Waals surface area (Å²) in [5, 5.41) is 8.75. The molecule has 2 rings (SSSR count). The normalized spacial score (nSPS) is 10.2. The Morgan fingerprint density at radius 3 is 2.44 bits per heavy atom. The molecule has 82 valence electrons. The summed E-state index contributed by atoms with van der Waals surface area (Å²) in [5.74, 6) is -0.911. The predicted molar refractivity (Wildman–Crippen MR) is 61.6 cm³/mol. The van der Waals surface area contributed by atoms with E-state index in [0.29, 0.717) is 0 Å². The molecule has 0 aliphatic heterocycles. The number of hydrogen-bond donors (Lipinski definition) is 2. The Morgan fingerprint density at radius 2 is 1.81 bits per heavy atom. The van der Waals surface area contributed by atoms with Gasteiger partial charge in [0.2, 0.25) is 0 Å². The number of nitrogens with one attached hydrogen (secondary N) is 1. The molecule has 0 unspecified atom stereocenters. The van der Waals surface area contributed by atoms with Crippen LogP contribution in [0.3, 0.4) is 0 Å². The fourth-order valence-electron chi connectivity index (χ4n) is 1.63. The number of H-pyrrole nitrogens is 1. The Balaban J connectivity index is 1.97. The minimum absolute atomic E-state index is 0.253. The van der Waals surface area contributed by atoms with E-state index >= 15 is 0 Å². The van der Waals surface area contributed by atoms with Crippen LogP contribution in [0.15, 0.2) is 42.5 Å². The Kier molecular flexibility index (Phi) is 3.05. The van der Waals surface area contributed by atoms with Gasteiger partial charge >= 0.3 is 5.97 Å². The molecule has 0 amide bonds. The van der Waals surface area contributed by atoms with E-state index in [1.54, 1.807) is 6.07 Å². The molecule has 1 heterocycles. The first-order valence-corrected chi connectivity index (χ1v) is 5.21. The van der Waals surface area contributed by atoms with Crippen LogP contribution in [0.25, 0.3) is 0 Å². The average molecular weight is 215 g/mol. The maximum Gasteiger partial charge on any atom is 0.352 e. The van der Waals surface area contributed by atoms with Crippen LogP contribution < -0.4 is 0 Å². The molecule has 1 aromatic carbocycles. The van der Waals surface area contributed by atoms with Gasteiger partial charge in [0.15, 0.2) is 0 Å². The van der Waals surface area contributed by atoms with E-state index in [2.05, 4.69) is 17.1 Å². The monoisotopic (exact) mass is 215 g/mol. The van der Waals surface area contributed by atoms with Gasteiger partial charge in [-0.3, -0.25) is 0 Å². The molecule has 2 N–H and O–H groups in total. The number of rotatable bonds is 4. The number of carboxylic acid groups (broad SMARTS) is 1. The van der Waals surface area contributed by atoms with Crippen molar-refractivity contribution < 1.29 is 9.90 Å². The Morgan fingerprint density at radius 1 is 1.06 bits per heavy atom. The number of carboxylic acids is 1. The van der Waals surface area contributed by atoms with Crippen LogP contribution in [0.1, 0.15) is 21.7 Å². The van der Waals surface area contributed by atoms with Gasteiger partial charge < -0.3 is 10.1 Å². The minimum Gasteiger partial charge on any atom is -0.477 e. The summed E-state index contributed by atoms with van der Waals surface area (Å²) in [6.07, 6.45) is 1.75. The lowest BCUT2D eigenvalue weighted by Crippen LogP contribution is -1.97. The van der Waals surface area contributed by atoms with Crippen LogP contribution in [-0.4, -0.2) is 16.1 Å². The second-order valence-corrected chi connectivity index (χ2v) is 3.69. The van der Waals surface area contributed by atoms with Gasteiger partial charge in [-0.05, 0) is 30.5 Å². The van der Waals surface area contributed by atoms with Gasteiger partial charge in [0.25, 0.3) is 0 Å². The van der Waals surface area contributed by atoms with Gasteiger partial charge in [-0.2, -0.15) is 0 Å². The molecule has 16 heavy (non-hydrogen) atoms. The first-order valence-electron chi connectivity index (χ1n) is 5.21. The molecule has 0 bridgehead atoms. The summed E-state index contributed by atoms with van der Waals surface area (Å²) in [4.78, 5) is 13.5. The fraction of sp³-hybridized carbons (Fsp3) is 0.154. The van der Waals surface area contributed by atoms with E-state index < -0.39 is 5.97 Å². The van der Waals surface area contributed by atoms with Crippen molar-refractivity contribution in [3.05, 3.63) is 59.4 Å². The van der Waals surface area contributed by atoms with Crippen LogP contribution >= 0.6 is 0 Å². The van der Waals surface area contributed by atoms with Crippen molar-refractivity contribution in [2.75, 3.05) is 0 Å². The summed E-state index contributed by atoms with van der Waals surface area (Å²) in [5.41, 5.74) is 2.47. The second kappa shape index (κ2) is 4.66. The van der Waals surface area contributed by atoms with Gasteiger partial charge in [-0.1, -0.05) is 30.3 Å². The lowest BCUT2D eigenvalue weighted by atomic mass is 10.1. The zero-order chi connectivity index (χ0) is 11.4. The van der Waals surface area contributed by atoms with Gasteiger partial charge in [-0.15, -0.1) is 0 Å². The van der Waals surface area contributed by atoms with Gasteiger partial charge in [0.05, 0.1) is 0 Å². The largest absolute Gasteiger partial charge is 0.477 e. The third-order valence-corrected chi connectivity index (χ3v) is 2.50. The molecule has 0 fully saturated rings. The quantitative estimate of drug-likeness (QED) is 0.823. The molecular formula is C13H13NO2. The van der Waals surface area contributed by atoms with E-state index in [-0.39, 0.29) is 5.69 Å². The minimum atomic E-state index is -0.911. The van der Waals surface area contributed by atoms with E-state index in [9.17, 15) is 4.79 Å². The number of aryl methyl sites for hydroxylation is 2.